The third kappa shape index (κ3) is 4.89. The molecule has 2 aromatic carbocycles. The number of β-amino-alcohol motifs (C(OH)–C–C–N with tert-alkyl or cyclic N) is 1. The Morgan fingerprint density at radius 2 is 1.79 bits per heavy atom. The summed E-state index contributed by atoms with van der Waals surface area (Å²) in [5.41, 5.74) is 2.17. The Balaban J connectivity index is 1.62. The number of amides is 2. The normalized spacial score (nSPS) is 18.5. The quantitative estimate of drug-likeness (QED) is 0.807. The van der Waals surface area contributed by atoms with E-state index in [0.717, 1.165) is 11.1 Å². The number of hydrogen-bond donors (Lipinski definition) is 2. The summed E-state index contributed by atoms with van der Waals surface area (Å²) in [6.45, 7) is 0.453. The molecule has 0 spiro atoms. The number of halogens is 1. The lowest BCUT2D eigenvalue weighted by atomic mass is 10.1. The van der Waals surface area contributed by atoms with Crippen molar-refractivity contribution < 1.29 is 14.7 Å². The third-order valence-electron chi connectivity index (χ3n) is 4.72. The summed E-state index contributed by atoms with van der Waals surface area (Å²) in [4.78, 5) is 26.7. The smallest absolute Gasteiger partial charge is 0.243 e. The van der Waals surface area contributed by atoms with E-state index in [1.165, 1.54) is 4.90 Å². The molecule has 2 aromatic rings. The second-order valence-corrected chi connectivity index (χ2v) is 7.22. The number of rotatable bonds is 5. The zero-order chi connectivity index (χ0) is 20.1. The van der Waals surface area contributed by atoms with Gasteiger partial charge in [-0.05, 0) is 35.4 Å². The fraction of sp³-hybridized carbons (Fsp3) is 0.286. The molecule has 1 aliphatic rings. The van der Waals surface area contributed by atoms with E-state index in [4.69, 9.17) is 16.9 Å². The minimum Gasteiger partial charge on any atom is -0.391 e. The highest BCUT2D eigenvalue weighted by Crippen LogP contribution is 2.20. The number of aliphatic hydroxyl groups is 1. The summed E-state index contributed by atoms with van der Waals surface area (Å²) in [5.74, 6) is -0.521. The molecule has 2 atom stereocenters. The van der Waals surface area contributed by atoms with E-state index >= 15 is 0 Å². The standard InChI is InChI=1S/C21H20ClN3O3/c22-17-7-5-16(6-8-17)12-24-21(28)19-10-18(26)13-25(19)20(27)9-14-1-3-15(11-23)4-2-14/h1-8,18-19,26H,9-10,12-13H2,(H,24,28). The van der Waals surface area contributed by atoms with E-state index in [1.807, 2.05) is 18.2 Å². The zero-order valence-corrected chi connectivity index (χ0v) is 15.9. The van der Waals surface area contributed by atoms with Gasteiger partial charge in [-0.3, -0.25) is 9.59 Å². The number of nitrogens with zero attached hydrogens (tertiary/aromatic N) is 2. The number of carbonyl (C=O) groups is 2. The average molecular weight is 398 g/mol. The van der Waals surface area contributed by atoms with Gasteiger partial charge in [-0.1, -0.05) is 35.9 Å². The molecule has 3 rings (SSSR count). The van der Waals surface area contributed by atoms with Crippen molar-refractivity contribution in [2.45, 2.75) is 31.5 Å². The highest BCUT2D eigenvalue weighted by molar-refractivity contribution is 6.30. The van der Waals surface area contributed by atoms with Crippen LogP contribution in [0.25, 0.3) is 0 Å². The molecule has 1 fully saturated rings. The van der Waals surface area contributed by atoms with Gasteiger partial charge >= 0.3 is 0 Å². The number of aliphatic hydroxyl groups excluding tert-OH is 1. The lowest BCUT2D eigenvalue weighted by Crippen LogP contribution is -2.46. The molecule has 1 aliphatic heterocycles. The first-order valence-corrected chi connectivity index (χ1v) is 9.33. The number of hydrogen-bond acceptors (Lipinski definition) is 4. The van der Waals surface area contributed by atoms with Gasteiger partial charge in [0.2, 0.25) is 11.8 Å². The molecule has 0 saturated carbocycles. The molecule has 0 radical (unpaired) electrons. The summed E-state index contributed by atoms with van der Waals surface area (Å²) >= 11 is 5.86. The van der Waals surface area contributed by atoms with E-state index in [1.54, 1.807) is 36.4 Å². The monoisotopic (exact) mass is 397 g/mol. The van der Waals surface area contributed by atoms with Crippen LogP contribution < -0.4 is 5.32 Å². The molecular weight excluding hydrogens is 378 g/mol. The summed E-state index contributed by atoms with van der Waals surface area (Å²) in [6.07, 6.45) is -0.401. The molecule has 0 bridgehead atoms. The van der Waals surface area contributed by atoms with Crippen LogP contribution in [0.4, 0.5) is 0 Å². The van der Waals surface area contributed by atoms with Crippen molar-refractivity contribution in [1.29, 1.82) is 5.26 Å². The van der Waals surface area contributed by atoms with Crippen LogP contribution in [0.5, 0.6) is 0 Å². The maximum Gasteiger partial charge on any atom is 0.243 e. The molecule has 2 unspecified atom stereocenters. The molecular formula is C21H20ClN3O3. The summed E-state index contributed by atoms with van der Waals surface area (Å²) in [5, 5.41) is 22.3. The SMILES string of the molecule is N#Cc1ccc(CC(=O)N2CC(O)CC2C(=O)NCc2ccc(Cl)cc2)cc1. The van der Waals surface area contributed by atoms with E-state index in [2.05, 4.69) is 5.32 Å². The number of nitriles is 1. The van der Waals surface area contributed by atoms with Crippen molar-refractivity contribution in [3.8, 4) is 6.07 Å². The molecule has 0 aromatic heterocycles. The lowest BCUT2D eigenvalue weighted by Gasteiger charge is -2.24. The van der Waals surface area contributed by atoms with Crippen LogP contribution in [0.15, 0.2) is 48.5 Å². The van der Waals surface area contributed by atoms with Gasteiger partial charge < -0.3 is 15.3 Å². The molecule has 0 aliphatic carbocycles. The average Bonchev–Trinajstić information content (AvgIpc) is 3.10. The summed E-state index contributed by atoms with van der Waals surface area (Å²) < 4.78 is 0. The fourth-order valence-electron chi connectivity index (χ4n) is 3.22. The highest BCUT2D eigenvalue weighted by atomic mass is 35.5. The predicted molar refractivity (Wildman–Crippen MR) is 104 cm³/mol. The van der Waals surface area contributed by atoms with Crippen molar-refractivity contribution in [3.05, 3.63) is 70.2 Å². The number of benzene rings is 2. The molecule has 1 saturated heterocycles. The molecule has 2 N–H and O–H groups in total. The zero-order valence-electron chi connectivity index (χ0n) is 15.1. The first-order valence-electron chi connectivity index (χ1n) is 8.95. The van der Waals surface area contributed by atoms with Gasteiger partial charge in [0.15, 0.2) is 0 Å². The molecule has 6 nitrogen and oxygen atoms in total. The van der Waals surface area contributed by atoms with Crippen LogP contribution in [0.2, 0.25) is 5.02 Å². The van der Waals surface area contributed by atoms with Crippen molar-refractivity contribution in [1.82, 2.24) is 10.2 Å². The molecule has 144 valence electrons. The third-order valence-corrected chi connectivity index (χ3v) is 4.97. The van der Waals surface area contributed by atoms with Gasteiger partial charge in [-0.25, -0.2) is 0 Å². The Kier molecular flexibility index (Phi) is 6.30. The van der Waals surface area contributed by atoms with Gasteiger partial charge in [0.25, 0.3) is 0 Å². The van der Waals surface area contributed by atoms with Crippen LogP contribution in [0.3, 0.4) is 0 Å². The van der Waals surface area contributed by atoms with Gasteiger partial charge in [0.1, 0.15) is 6.04 Å². The topological polar surface area (TPSA) is 93.4 Å². The van der Waals surface area contributed by atoms with Gasteiger partial charge in [-0.2, -0.15) is 5.26 Å². The second-order valence-electron chi connectivity index (χ2n) is 6.78. The second kappa shape index (κ2) is 8.87. The van der Waals surface area contributed by atoms with Crippen molar-refractivity contribution in [3.63, 3.8) is 0 Å². The van der Waals surface area contributed by atoms with Crippen LogP contribution >= 0.6 is 11.6 Å². The van der Waals surface area contributed by atoms with Crippen molar-refractivity contribution in [2.75, 3.05) is 6.54 Å². The first kappa shape index (κ1) is 19.9. The Morgan fingerprint density at radius 3 is 2.43 bits per heavy atom. The van der Waals surface area contributed by atoms with Crippen LogP contribution in [-0.2, 0) is 22.6 Å². The van der Waals surface area contributed by atoms with E-state index < -0.39 is 12.1 Å². The largest absolute Gasteiger partial charge is 0.391 e. The Hall–Kier alpha value is -2.88. The molecule has 28 heavy (non-hydrogen) atoms. The minimum atomic E-state index is -0.726. The Labute approximate surface area is 168 Å². The van der Waals surface area contributed by atoms with E-state index in [9.17, 15) is 14.7 Å². The van der Waals surface area contributed by atoms with Gasteiger partial charge in [0, 0.05) is 24.5 Å². The molecule has 1 heterocycles. The minimum absolute atomic E-state index is 0.111. The van der Waals surface area contributed by atoms with Crippen LogP contribution in [0.1, 0.15) is 23.1 Å². The van der Waals surface area contributed by atoms with E-state index in [-0.39, 0.29) is 31.2 Å². The maximum atomic E-state index is 12.7. The van der Waals surface area contributed by atoms with Gasteiger partial charge in [-0.15, -0.1) is 0 Å². The van der Waals surface area contributed by atoms with Gasteiger partial charge in [0.05, 0.1) is 24.2 Å². The van der Waals surface area contributed by atoms with Crippen molar-refractivity contribution in [2.24, 2.45) is 0 Å². The van der Waals surface area contributed by atoms with Crippen LogP contribution in [-0.4, -0.2) is 40.5 Å². The Bertz CT molecular complexity index is 891. The summed E-state index contributed by atoms with van der Waals surface area (Å²) in [7, 11) is 0. The van der Waals surface area contributed by atoms with E-state index in [0.29, 0.717) is 17.1 Å². The Morgan fingerprint density at radius 1 is 1.14 bits per heavy atom. The molecule has 7 heteroatoms. The fourth-order valence-corrected chi connectivity index (χ4v) is 3.35. The number of carbonyl (C=O) groups excluding carboxylic acids is 2. The van der Waals surface area contributed by atoms with Crippen molar-refractivity contribution >= 4 is 23.4 Å². The maximum absolute atomic E-state index is 12.7. The number of likely N-dealkylation sites (tertiary alicyclic amines) is 1. The van der Waals surface area contributed by atoms with Crippen LogP contribution in [0, 0.1) is 11.3 Å². The number of nitrogens with one attached hydrogen (secondary N) is 1. The first-order chi connectivity index (χ1) is 13.5. The predicted octanol–water partition coefficient (Wildman–Crippen LogP) is 2.03. The lowest BCUT2D eigenvalue weighted by molar-refractivity contribution is -0.138. The summed E-state index contributed by atoms with van der Waals surface area (Å²) in [6, 6.07) is 15.2. The highest BCUT2D eigenvalue weighted by Gasteiger charge is 2.38. The molecule has 2 amide bonds.